The molecule has 0 saturated carbocycles. The first-order valence-corrected chi connectivity index (χ1v) is 11.2. The minimum absolute atomic E-state index is 0.0185. The van der Waals surface area contributed by atoms with Crippen LogP contribution in [0, 0.1) is 0 Å². The number of aromatic nitrogens is 2. The molecule has 0 aliphatic carbocycles. The van der Waals surface area contributed by atoms with Crippen LogP contribution in [0.25, 0.3) is 11.1 Å². The molecule has 1 amide bonds. The average molecular weight is 413 g/mol. The van der Waals surface area contributed by atoms with E-state index >= 15 is 0 Å². The van der Waals surface area contributed by atoms with E-state index in [4.69, 9.17) is 0 Å². The first-order chi connectivity index (χ1) is 15.2. The van der Waals surface area contributed by atoms with Gasteiger partial charge in [-0.25, -0.2) is 9.97 Å². The molecule has 5 heteroatoms. The standard InChI is InChI=1S/C26H28N4O/c1-19-3-2-11-29(19)12-10-20-4-6-21(7-5-20)22-8-9-23-16-30(17-24(23)13-22)26(31)25-14-27-18-28-15-25/h4-9,13-15,18-19H,2-3,10-12,16-17H2,1H3/t19-/m1/s1. The van der Waals surface area contributed by atoms with E-state index in [1.807, 2.05) is 4.90 Å². The van der Waals surface area contributed by atoms with E-state index < -0.39 is 0 Å². The van der Waals surface area contributed by atoms with Crippen LogP contribution in [-0.2, 0) is 19.5 Å². The first kappa shape index (κ1) is 19.9. The van der Waals surface area contributed by atoms with Crippen molar-refractivity contribution in [2.45, 2.75) is 45.3 Å². The highest BCUT2D eigenvalue weighted by Crippen LogP contribution is 2.29. The molecule has 3 heterocycles. The second-order valence-electron chi connectivity index (χ2n) is 8.75. The van der Waals surface area contributed by atoms with Crippen LogP contribution >= 0.6 is 0 Å². The lowest BCUT2D eigenvalue weighted by Crippen LogP contribution is -2.28. The van der Waals surface area contributed by atoms with Crippen molar-refractivity contribution in [1.29, 1.82) is 0 Å². The van der Waals surface area contributed by atoms with Crippen molar-refractivity contribution in [2.24, 2.45) is 0 Å². The number of rotatable bonds is 5. The lowest BCUT2D eigenvalue weighted by molar-refractivity contribution is 0.0750. The van der Waals surface area contributed by atoms with Gasteiger partial charge in [0.1, 0.15) is 6.33 Å². The van der Waals surface area contributed by atoms with Crippen LogP contribution in [0.3, 0.4) is 0 Å². The highest BCUT2D eigenvalue weighted by molar-refractivity contribution is 5.94. The monoisotopic (exact) mass is 412 g/mol. The van der Waals surface area contributed by atoms with Gasteiger partial charge in [0.25, 0.3) is 5.91 Å². The van der Waals surface area contributed by atoms with Gasteiger partial charge in [0.2, 0.25) is 0 Å². The van der Waals surface area contributed by atoms with Crippen LogP contribution in [0.1, 0.15) is 46.8 Å². The van der Waals surface area contributed by atoms with Gasteiger partial charge >= 0.3 is 0 Å². The maximum absolute atomic E-state index is 12.7. The molecule has 1 fully saturated rings. The molecule has 2 aromatic carbocycles. The third kappa shape index (κ3) is 4.23. The van der Waals surface area contributed by atoms with Gasteiger partial charge in [-0.3, -0.25) is 4.79 Å². The Morgan fingerprint density at radius 1 is 1.00 bits per heavy atom. The summed E-state index contributed by atoms with van der Waals surface area (Å²) in [6.45, 7) is 5.99. The van der Waals surface area contributed by atoms with Crippen LogP contribution in [0.2, 0.25) is 0 Å². The van der Waals surface area contributed by atoms with Crippen LogP contribution in [-0.4, -0.2) is 44.8 Å². The Hall–Kier alpha value is -3.05. The molecule has 158 valence electrons. The van der Waals surface area contributed by atoms with Crippen LogP contribution in [0.5, 0.6) is 0 Å². The van der Waals surface area contributed by atoms with Crippen molar-refractivity contribution in [1.82, 2.24) is 19.8 Å². The van der Waals surface area contributed by atoms with E-state index in [-0.39, 0.29) is 5.91 Å². The van der Waals surface area contributed by atoms with E-state index in [0.29, 0.717) is 18.7 Å². The molecule has 0 radical (unpaired) electrons. The highest BCUT2D eigenvalue weighted by atomic mass is 16.2. The fourth-order valence-electron chi connectivity index (χ4n) is 4.77. The third-order valence-corrected chi connectivity index (χ3v) is 6.69. The van der Waals surface area contributed by atoms with Crippen LogP contribution < -0.4 is 0 Å². The van der Waals surface area contributed by atoms with Gasteiger partial charge in [-0.15, -0.1) is 0 Å². The van der Waals surface area contributed by atoms with Gasteiger partial charge in [-0.2, -0.15) is 0 Å². The first-order valence-electron chi connectivity index (χ1n) is 11.2. The van der Waals surface area contributed by atoms with E-state index in [9.17, 15) is 4.79 Å². The molecule has 1 saturated heterocycles. The zero-order valence-corrected chi connectivity index (χ0v) is 18.0. The largest absolute Gasteiger partial charge is 0.330 e. The summed E-state index contributed by atoms with van der Waals surface area (Å²) in [5, 5.41) is 0. The summed E-state index contributed by atoms with van der Waals surface area (Å²) in [6, 6.07) is 16.2. The average Bonchev–Trinajstić information content (AvgIpc) is 3.43. The van der Waals surface area contributed by atoms with E-state index in [0.717, 1.165) is 19.0 Å². The van der Waals surface area contributed by atoms with Gasteiger partial charge in [0.15, 0.2) is 0 Å². The van der Waals surface area contributed by atoms with Crippen molar-refractivity contribution in [3.63, 3.8) is 0 Å². The van der Waals surface area contributed by atoms with Crippen molar-refractivity contribution in [2.75, 3.05) is 13.1 Å². The molecule has 1 aromatic heterocycles. The molecule has 2 aliphatic rings. The molecule has 0 spiro atoms. The summed E-state index contributed by atoms with van der Waals surface area (Å²) in [4.78, 5) is 25.1. The van der Waals surface area contributed by atoms with E-state index in [2.05, 4.69) is 64.3 Å². The molecule has 2 aliphatic heterocycles. The Bertz CT molecular complexity index is 1060. The van der Waals surface area contributed by atoms with Crippen molar-refractivity contribution in [3.05, 3.63) is 83.4 Å². The van der Waals surface area contributed by atoms with Gasteiger partial charge in [-0.1, -0.05) is 36.4 Å². The lowest BCUT2D eigenvalue weighted by Gasteiger charge is -2.20. The van der Waals surface area contributed by atoms with Gasteiger partial charge in [0.05, 0.1) is 5.56 Å². The zero-order chi connectivity index (χ0) is 21.2. The highest BCUT2D eigenvalue weighted by Gasteiger charge is 2.25. The topological polar surface area (TPSA) is 49.3 Å². The van der Waals surface area contributed by atoms with Crippen LogP contribution in [0.4, 0.5) is 0 Å². The Labute approximate surface area is 183 Å². The molecule has 1 atom stereocenters. The maximum atomic E-state index is 12.7. The molecule has 3 aromatic rings. The van der Waals surface area contributed by atoms with Gasteiger partial charge in [-0.05, 0) is 66.6 Å². The summed E-state index contributed by atoms with van der Waals surface area (Å²) in [7, 11) is 0. The van der Waals surface area contributed by atoms with Gasteiger partial charge in [0, 0.05) is 38.1 Å². The Morgan fingerprint density at radius 3 is 2.48 bits per heavy atom. The van der Waals surface area contributed by atoms with Crippen molar-refractivity contribution >= 4 is 5.91 Å². The molecule has 5 rings (SSSR count). The van der Waals surface area contributed by atoms with Crippen molar-refractivity contribution < 1.29 is 4.79 Å². The van der Waals surface area contributed by atoms with E-state index in [1.54, 1.807) is 12.4 Å². The number of benzene rings is 2. The van der Waals surface area contributed by atoms with Gasteiger partial charge < -0.3 is 9.80 Å². The Kier molecular flexibility index (Phi) is 5.51. The van der Waals surface area contributed by atoms with Crippen molar-refractivity contribution in [3.8, 4) is 11.1 Å². The summed E-state index contributed by atoms with van der Waals surface area (Å²) < 4.78 is 0. The second kappa shape index (κ2) is 8.60. The SMILES string of the molecule is C[C@@H]1CCCN1CCc1ccc(-c2ccc3c(c2)CN(C(=O)c2cncnc2)C3)cc1. The molecule has 31 heavy (non-hydrogen) atoms. The molecule has 0 bridgehead atoms. The maximum Gasteiger partial charge on any atom is 0.257 e. The minimum atomic E-state index is -0.0185. The van der Waals surface area contributed by atoms with E-state index in [1.165, 1.54) is 53.5 Å². The summed E-state index contributed by atoms with van der Waals surface area (Å²) in [5.74, 6) is -0.0185. The fraction of sp³-hybridized carbons (Fsp3) is 0.346. The fourth-order valence-corrected chi connectivity index (χ4v) is 4.77. The smallest absolute Gasteiger partial charge is 0.257 e. The summed E-state index contributed by atoms with van der Waals surface area (Å²) >= 11 is 0. The minimum Gasteiger partial charge on any atom is -0.330 e. The van der Waals surface area contributed by atoms with Crippen LogP contribution in [0.15, 0.2) is 61.2 Å². The number of hydrogen-bond acceptors (Lipinski definition) is 4. The normalized spacial score (nSPS) is 18.4. The molecule has 0 N–H and O–H groups in total. The second-order valence-corrected chi connectivity index (χ2v) is 8.75. The summed E-state index contributed by atoms with van der Waals surface area (Å²) in [6.07, 6.45) is 8.38. The predicted octanol–water partition coefficient (Wildman–Crippen LogP) is 4.33. The number of likely N-dealkylation sites (tertiary alicyclic amines) is 1. The molecule has 0 unspecified atom stereocenters. The number of nitrogens with zero attached hydrogens (tertiary/aromatic N) is 4. The zero-order valence-electron chi connectivity index (χ0n) is 18.0. The summed E-state index contributed by atoms with van der Waals surface area (Å²) in [5.41, 5.74) is 6.79. The Morgan fingerprint density at radius 2 is 1.74 bits per heavy atom. The lowest BCUT2D eigenvalue weighted by atomic mass is 9.99. The number of fused-ring (bicyclic) bond motifs is 1. The number of hydrogen-bond donors (Lipinski definition) is 0. The predicted molar refractivity (Wildman–Crippen MR) is 121 cm³/mol. The molecule has 5 nitrogen and oxygen atoms in total. The number of amides is 1. The Balaban J connectivity index is 1.25. The third-order valence-electron chi connectivity index (χ3n) is 6.69. The number of carbonyl (C=O) groups is 1. The molecular weight excluding hydrogens is 384 g/mol. The quantitative estimate of drug-likeness (QED) is 0.626. The number of carbonyl (C=O) groups excluding carboxylic acids is 1. The molecular formula is C26H28N4O.